The second kappa shape index (κ2) is 12.2. The molecule has 1 unspecified atom stereocenters. The van der Waals surface area contributed by atoms with Crippen molar-refractivity contribution in [3.63, 3.8) is 0 Å². The molecule has 1 atom stereocenters. The molecule has 168 valence electrons. The number of carbonyl (C=O) groups is 2. The van der Waals surface area contributed by atoms with Gasteiger partial charge in [-0.25, -0.2) is 0 Å². The van der Waals surface area contributed by atoms with Crippen molar-refractivity contribution in [3.8, 4) is 0 Å². The highest BCUT2D eigenvalue weighted by Crippen LogP contribution is 2.22. The number of hydrogen-bond donors (Lipinski definition) is 1. The SMILES string of the molecule is CCC(C(=O)NC(C)C)N(Cc1ccccc1Cl)C(=O)CSCc1cc(C)cc(C)c1. The number of aryl methyl sites for hydroxylation is 2. The minimum absolute atomic E-state index is 0.0118. The van der Waals surface area contributed by atoms with Crippen LogP contribution in [0.1, 0.15) is 49.4 Å². The van der Waals surface area contributed by atoms with Gasteiger partial charge in [-0.3, -0.25) is 9.59 Å². The molecule has 0 spiro atoms. The van der Waals surface area contributed by atoms with E-state index < -0.39 is 6.04 Å². The van der Waals surface area contributed by atoms with Crippen molar-refractivity contribution in [2.75, 3.05) is 5.75 Å². The Balaban J connectivity index is 2.16. The predicted octanol–water partition coefficient (Wildman–Crippen LogP) is 5.52. The number of benzene rings is 2. The molecule has 0 radical (unpaired) electrons. The Bertz CT molecular complexity index is 881. The first-order valence-electron chi connectivity index (χ1n) is 10.7. The van der Waals surface area contributed by atoms with Crippen LogP contribution < -0.4 is 5.32 Å². The fourth-order valence-electron chi connectivity index (χ4n) is 3.60. The van der Waals surface area contributed by atoms with Gasteiger partial charge >= 0.3 is 0 Å². The van der Waals surface area contributed by atoms with Crippen LogP contribution in [0.25, 0.3) is 0 Å². The summed E-state index contributed by atoms with van der Waals surface area (Å²) < 4.78 is 0. The number of thioether (sulfide) groups is 1. The van der Waals surface area contributed by atoms with Crippen molar-refractivity contribution in [1.82, 2.24) is 10.2 Å². The predicted molar refractivity (Wildman–Crippen MR) is 131 cm³/mol. The molecule has 0 aliphatic heterocycles. The van der Waals surface area contributed by atoms with Gasteiger partial charge in [0.25, 0.3) is 0 Å². The van der Waals surface area contributed by atoms with Crippen molar-refractivity contribution < 1.29 is 9.59 Å². The molecule has 2 aromatic rings. The molecule has 0 saturated heterocycles. The lowest BCUT2D eigenvalue weighted by molar-refractivity contribution is -0.139. The zero-order valence-electron chi connectivity index (χ0n) is 19.1. The van der Waals surface area contributed by atoms with Gasteiger partial charge < -0.3 is 10.2 Å². The minimum Gasteiger partial charge on any atom is -0.352 e. The van der Waals surface area contributed by atoms with Crippen molar-refractivity contribution in [1.29, 1.82) is 0 Å². The Labute approximate surface area is 195 Å². The second-order valence-electron chi connectivity index (χ2n) is 8.19. The number of halogens is 1. The summed E-state index contributed by atoms with van der Waals surface area (Å²) in [4.78, 5) is 27.8. The maximum absolute atomic E-state index is 13.3. The Hall–Kier alpha value is -1.98. The molecule has 2 rings (SSSR count). The van der Waals surface area contributed by atoms with Crippen LogP contribution in [-0.4, -0.2) is 34.6 Å². The first-order valence-corrected chi connectivity index (χ1v) is 12.2. The van der Waals surface area contributed by atoms with Gasteiger partial charge in [-0.05, 0) is 51.3 Å². The topological polar surface area (TPSA) is 49.4 Å². The first-order chi connectivity index (χ1) is 14.7. The molecule has 0 aromatic heterocycles. The lowest BCUT2D eigenvalue weighted by Crippen LogP contribution is -2.51. The fraction of sp³-hybridized carbons (Fsp3) is 0.440. The van der Waals surface area contributed by atoms with Crippen LogP contribution in [0.3, 0.4) is 0 Å². The number of carbonyl (C=O) groups excluding carboxylic acids is 2. The van der Waals surface area contributed by atoms with E-state index in [1.807, 2.05) is 45.0 Å². The molecular formula is C25H33ClN2O2S. The fourth-order valence-corrected chi connectivity index (χ4v) is 4.64. The summed E-state index contributed by atoms with van der Waals surface area (Å²) in [6.45, 7) is 10.2. The number of rotatable bonds is 10. The third-order valence-electron chi connectivity index (χ3n) is 4.89. The highest BCUT2D eigenvalue weighted by molar-refractivity contribution is 7.99. The highest BCUT2D eigenvalue weighted by atomic mass is 35.5. The van der Waals surface area contributed by atoms with Gasteiger partial charge in [-0.1, -0.05) is 66.0 Å². The monoisotopic (exact) mass is 460 g/mol. The quantitative estimate of drug-likeness (QED) is 0.507. The second-order valence-corrected chi connectivity index (χ2v) is 9.58. The number of hydrogen-bond acceptors (Lipinski definition) is 3. The van der Waals surface area contributed by atoms with Gasteiger partial charge in [0.1, 0.15) is 6.04 Å². The van der Waals surface area contributed by atoms with E-state index in [4.69, 9.17) is 11.6 Å². The Morgan fingerprint density at radius 3 is 2.32 bits per heavy atom. The van der Waals surface area contributed by atoms with Crippen LogP contribution in [0.4, 0.5) is 0 Å². The largest absolute Gasteiger partial charge is 0.352 e. The van der Waals surface area contributed by atoms with Gasteiger partial charge in [-0.2, -0.15) is 0 Å². The minimum atomic E-state index is -0.534. The molecule has 0 saturated carbocycles. The maximum atomic E-state index is 13.3. The summed E-state index contributed by atoms with van der Waals surface area (Å²) in [7, 11) is 0. The molecule has 2 amide bonds. The molecule has 0 bridgehead atoms. The van der Waals surface area contributed by atoms with Crippen LogP contribution in [0.5, 0.6) is 0 Å². The summed E-state index contributed by atoms with van der Waals surface area (Å²) in [6, 6.07) is 13.4. The van der Waals surface area contributed by atoms with E-state index >= 15 is 0 Å². The Morgan fingerprint density at radius 2 is 1.74 bits per heavy atom. The third kappa shape index (κ3) is 7.89. The Morgan fingerprint density at radius 1 is 1.10 bits per heavy atom. The van der Waals surface area contributed by atoms with Crippen LogP contribution in [0.15, 0.2) is 42.5 Å². The van der Waals surface area contributed by atoms with Crippen molar-refractivity contribution in [3.05, 3.63) is 69.7 Å². The zero-order chi connectivity index (χ0) is 23.0. The van der Waals surface area contributed by atoms with Crippen LogP contribution in [0, 0.1) is 13.8 Å². The molecule has 4 nitrogen and oxygen atoms in total. The normalized spacial score (nSPS) is 12.0. The highest BCUT2D eigenvalue weighted by Gasteiger charge is 2.29. The van der Waals surface area contributed by atoms with Gasteiger partial charge in [0.15, 0.2) is 0 Å². The molecule has 0 heterocycles. The van der Waals surface area contributed by atoms with E-state index in [0.717, 1.165) is 11.3 Å². The van der Waals surface area contributed by atoms with Crippen LogP contribution >= 0.6 is 23.4 Å². The smallest absolute Gasteiger partial charge is 0.243 e. The lowest BCUT2D eigenvalue weighted by Gasteiger charge is -2.31. The average molecular weight is 461 g/mol. The summed E-state index contributed by atoms with van der Waals surface area (Å²) >= 11 is 7.93. The molecule has 0 aliphatic rings. The average Bonchev–Trinajstić information content (AvgIpc) is 2.68. The van der Waals surface area contributed by atoms with Crippen molar-refractivity contribution >= 4 is 35.2 Å². The van der Waals surface area contributed by atoms with E-state index in [1.54, 1.807) is 16.7 Å². The molecule has 6 heteroatoms. The van der Waals surface area contributed by atoms with Gasteiger partial charge in [0.2, 0.25) is 11.8 Å². The zero-order valence-corrected chi connectivity index (χ0v) is 20.6. The standard InChI is InChI=1S/C25H33ClN2O2S/c1-6-23(25(30)27-17(2)3)28(14-21-9-7-8-10-22(21)26)24(29)16-31-15-20-12-18(4)11-19(5)13-20/h7-13,17,23H,6,14-16H2,1-5H3,(H,27,30). The summed E-state index contributed by atoms with van der Waals surface area (Å²) in [6.07, 6.45) is 0.538. The summed E-state index contributed by atoms with van der Waals surface area (Å²) in [5.74, 6) is 0.878. The third-order valence-corrected chi connectivity index (χ3v) is 6.25. The molecule has 2 aromatic carbocycles. The van der Waals surface area contributed by atoms with Gasteiger partial charge in [-0.15, -0.1) is 11.8 Å². The molecule has 0 fully saturated rings. The maximum Gasteiger partial charge on any atom is 0.243 e. The van der Waals surface area contributed by atoms with E-state index in [2.05, 4.69) is 37.4 Å². The van der Waals surface area contributed by atoms with E-state index in [0.29, 0.717) is 23.7 Å². The number of nitrogens with zero attached hydrogens (tertiary/aromatic N) is 1. The lowest BCUT2D eigenvalue weighted by atomic mass is 10.1. The summed E-state index contributed by atoms with van der Waals surface area (Å²) in [5.41, 5.74) is 4.49. The van der Waals surface area contributed by atoms with Gasteiger partial charge in [0.05, 0.1) is 5.75 Å². The van der Waals surface area contributed by atoms with E-state index in [-0.39, 0.29) is 17.9 Å². The summed E-state index contributed by atoms with van der Waals surface area (Å²) in [5, 5.41) is 3.55. The van der Waals surface area contributed by atoms with Crippen LogP contribution in [-0.2, 0) is 21.9 Å². The molecule has 0 aliphatic carbocycles. The van der Waals surface area contributed by atoms with Crippen molar-refractivity contribution in [2.24, 2.45) is 0 Å². The van der Waals surface area contributed by atoms with Crippen LogP contribution in [0.2, 0.25) is 5.02 Å². The number of amides is 2. The van der Waals surface area contributed by atoms with Crippen molar-refractivity contribution in [2.45, 2.75) is 65.4 Å². The first kappa shape index (κ1) is 25.3. The van der Waals surface area contributed by atoms with E-state index in [1.165, 1.54) is 16.7 Å². The van der Waals surface area contributed by atoms with Gasteiger partial charge in [0, 0.05) is 23.4 Å². The molecular weight excluding hydrogens is 428 g/mol. The Kier molecular flexibility index (Phi) is 9.92. The number of nitrogens with one attached hydrogen (secondary N) is 1. The molecule has 1 N–H and O–H groups in total. The molecule has 31 heavy (non-hydrogen) atoms. The van der Waals surface area contributed by atoms with E-state index in [9.17, 15) is 9.59 Å².